The summed E-state index contributed by atoms with van der Waals surface area (Å²) in [4.78, 5) is 16.5. The molecule has 1 amide bonds. The third-order valence-electron chi connectivity index (χ3n) is 2.70. The zero-order valence-corrected chi connectivity index (χ0v) is 11.6. The first-order chi connectivity index (χ1) is 8.86. The maximum Gasteiger partial charge on any atom is 0.407 e. The van der Waals surface area contributed by atoms with Crippen molar-refractivity contribution in [1.82, 2.24) is 9.88 Å². The fourth-order valence-corrected chi connectivity index (χ4v) is 1.67. The van der Waals surface area contributed by atoms with Gasteiger partial charge in [-0.2, -0.15) is 0 Å². The number of amides is 1. The van der Waals surface area contributed by atoms with Crippen LogP contribution in [0.15, 0.2) is 18.5 Å². The van der Waals surface area contributed by atoms with Gasteiger partial charge in [-0.1, -0.05) is 0 Å². The van der Waals surface area contributed by atoms with Gasteiger partial charge in [0.05, 0.1) is 12.7 Å². The van der Waals surface area contributed by atoms with Crippen molar-refractivity contribution in [2.75, 3.05) is 13.2 Å². The van der Waals surface area contributed by atoms with Crippen molar-refractivity contribution >= 4 is 6.09 Å². The number of nitrogens with zero attached hydrogens (tertiary/aromatic N) is 2. The summed E-state index contributed by atoms with van der Waals surface area (Å²) >= 11 is 0. The molecule has 0 saturated carbocycles. The smallest absolute Gasteiger partial charge is 0.407 e. The highest BCUT2D eigenvalue weighted by molar-refractivity contribution is 5.65. The second kappa shape index (κ2) is 6.38. The summed E-state index contributed by atoms with van der Waals surface area (Å²) in [6.07, 6.45) is 2.28. The van der Waals surface area contributed by atoms with Gasteiger partial charge in [0.25, 0.3) is 0 Å². The van der Waals surface area contributed by atoms with Gasteiger partial charge < -0.3 is 20.5 Å². The number of pyridine rings is 1. The summed E-state index contributed by atoms with van der Waals surface area (Å²) in [5.74, 6) is 0.601. The van der Waals surface area contributed by atoms with Crippen molar-refractivity contribution in [1.29, 1.82) is 0 Å². The Bertz CT molecular complexity index is 429. The Labute approximate surface area is 113 Å². The normalized spacial score (nSPS) is 11.2. The largest absolute Gasteiger partial charge is 0.490 e. The van der Waals surface area contributed by atoms with Crippen molar-refractivity contribution in [3.8, 4) is 5.75 Å². The van der Waals surface area contributed by atoms with Crippen LogP contribution in [-0.4, -0.2) is 39.8 Å². The second-order valence-electron chi connectivity index (χ2n) is 5.14. The molecule has 0 bridgehead atoms. The Balaban J connectivity index is 2.60. The van der Waals surface area contributed by atoms with Gasteiger partial charge in [-0.3, -0.25) is 4.98 Å². The van der Waals surface area contributed by atoms with Crippen molar-refractivity contribution in [2.24, 2.45) is 5.73 Å². The van der Waals surface area contributed by atoms with Crippen LogP contribution in [0, 0.1) is 0 Å². The van der Waals surface area contributed by atoms with E-state index in [1.54, 1.807) is 18.5 Å². The number of nitrogens with two attached hydrogens (primary N) is 1. The van der Waals surface area contributed by atoms with Gasteiger partial charge >= 0.3 is 6.09 Å². The molecule has 3 N–H and O–H groups in total. The van der Waals surface area contributed by atoms with E-state index in [1.165, 1.54) is 4.90 Å². The van der Waals surface area contributed by atoms with E-state index in [4.69, 9.17) is 15.6 Å². The molecule has 1 rings (SSSR count). The number of aromatic nitrogens is 1. The molecule has 0 aromatic carbocycles. The predicted molar refractivity (Wildman–Crippen MR) is 72.1 cm³/mol. The molecule has 0 saturated heterocycles. The first-order valence-corrected chi connectivity index (χ1v) is 6.12. The maximum absolute atomic E-state index is 11.1. The summed E-state index contributed by atoms with van der Waals surface area (Å²) in [7, 11) is 0. The molecule has 0 aliphatic carbocycles. The van der Waals surface area contributed by atoms with Gasteiger partial charge in [-0.25, -0.2) is 4.79 Å². The Kier molecular flexibility index (Phi) is 5.11. The van der Waals surface area contributed by atoms with E-state index in [0.717, 1.165) is 5.56 Å². The number of hydrogen-bond donors (Lipinski definition) is 2. The molecule has 0 unspecified atom stereocenters. The fraction of sp³-hybridized carbons (Fsp3) is 0.538. The molecule has 0 spiro atoms. The van der Waals surface area contributed by atoms with Gasteiger partial charge in [0.1, 0.15) is 12.4 Å². The van der Waals surface area contributed by atoms with Crippen LogP contribution in [0.2, 0.25) is 0 Å². The highest BCUT2D eigenvalue weighted by atomic mass is 16.5. The number of hydrogen-bond acceptors (Lipinski definition) is 4. The Morgan fingerprint density at radius 1 is 1.53 bits per heavy atom. The first kappa shape index (κ1) is 15.2. The van der Waals surface area contributed by atoms with Crippen LogP contribution in [0.3, 0.4) is 0 Å². The van der Waals surface area contributed by atoms with E-state index in [-0.39, 0.29) is 13.2 Å². The van der Waals surface area contributed by atoms with Crippen LogP contribution in [0.4, 0.5) is 4.79 Å². The lowest BCUT2D eigenvalue weighted by molar-refractivity contribution is 0.0890. The van der Waals surface area contributed by atoms with E-state index in [1.807, 2.05) is 20.8 Å². The SMILES string of the molecule is CC(C)(C)N(CCOc1cnccc1CN)C(=O)O. The molecular weight excluding hydrogens is 246 g/mol. The molecule has 1 aromatic rings. The number of rotatable bonds is 5. The monoisotopic (exact) mass is 267 g/mol. The van der Waals surface area contributed by atoms with Crippen LogP contribution >= 0.6 is 0 Å². The van der Waals surface area contributed by atoms with Crippen LogP contribution in [0.25, 0.3) is 0 Å². The van der Waals surface area contributed by atoms with Gasteiger partial charge in [0.15, 0.2) is 0 Å². The van der Waals surface area contributed by atoms with Crippen LogP contribution in [0.5, 0.6) is 5.75 Å². The molecule has 0 aliphatic rings. The molecule has 0 atom stereocenters. The first-order valence-electron chi connectivity index (χ1n) is 6.12. The molecule has 0 radical (unpaired) electrons. The molecular formula is C13H21N3O3. The van der Waals surface area contributed by atoms with Crippen LogP contribution in [0.1, 0.15) is 26.3 Å². The van der Waals surface area contributed by atoms with Crippen molar-refractivity contribution in [2.45, 2.75) is 32.9 Å². The molecule has 106 valence electrons. The highest BCUT2D eigenvalue weighted by Crippen LogP contribution is 2.17. The minimum Gasteiger partial charge on any atom is -0.490 e. The van der Waals surface area contributed by atoms with Gasteiger partial charge in [-0.05, 0) is 26.8 Å². The van der Waals surface area contributed by atoms with Crippen molar-refractivity contribution in [3.05, 3.63) is 24.0 Å². The Hall–Kier alpha value is -1.82. The fourth-order valence-electron chi connectivity index (χ4n) is 1.67. The molecule has 1 heterocycles. The van der Waals surface area contributed by atoms with Gasteiger partial charge in [0.2, 0.25) is 0 Å². The lowest BCUT2D eigenvalue weighted by Gasteiger charge is -2.33. The molecule has 0 fully saturated rings. The van der Waals surface area contributed by atoms with Gasteiger partial charge in [0, 0.05) is 23.8 Å². The lowest BCUT2D eigenvalue weighted by atomic mass is 10.1. The molecule has 6 heteroatoms. The van der Waals surface area contributed by atoms with E-state index < -0.39 is 11.6 Å². The van der Waals surface area contributed by atoms with Gasteiger partial charge in [-0.15, -0.1) is 0 Å². The van der Waals surface area contributed by atoms with E-state index >= 15 is 0 Å². The summed E-state index contributed by atoms with van der Waals surface area (Å²) in [6, 6.07) is 1.79. The topological polar surface area (TPSA) is 88.7 Å². The number of carbonyl (C=O) groups is 1. The highest BCUT2D eigenvalue weighted by Gasteiger charge is 2.25. The second-order valence-corrected chi connectivity index (χ2v) is 5.14. The summed E-state index contributed by atoms with van der Waals surface area (Å²) in [5.41, 5.74) is 5.98. The van der Waals surface area contributed by atoms with E-state index in [0.29, 0.717) is 12.3 Å². The third kappa shape index (κ3) is 4.40. The van der Waals surface area contributed by atoms with Crippen molar-refractivity contribution in [3.63, 3.8) is 0 Å². The summed E-state index contributed by atoms with van der Waals surface area (Å²) < 4.78 is 5.56. The van der Waals surface area contributed by atoms with E-state index in [9.17, 15) is 4.79 Å². The quantitative estimate of drug-likeness (QED) is 0.847. The Morgan fingerprint density at radius 3 is 2.74 bits per heavy atom. The number of ether oxygens (including phenoxy) is 1. The zero-order chi connectivity index (χ0) is 14.5. The summed E-state index contributed by atoms with van der Waals surface area (Å²) in [5, 5.41) is 9.14. The summed E-state index contributed by atoms with van der Waals surface area (Å²) in [6.45, 7) is 6.45. The maximum atomic E-state index is 11.1. The lowest BCUT2D eigenvalue weighted by Crippen LogP contribution is -2.46. The predicted octanol–water partition coefficient (Wildman–Crippen LogP) is 1.70. The number of carboxylic acid groups (broad SMARTS) is 1. The van der Waals surface area contributed by atoms with Crippen molar-refractivity contribution < 1.29 is 14.6 Å². The minimum atomic E-state index is -0.957. The average molecular weight is 267 g/mol. The third-order valence-corrected chi connectivity index (χ3v) is 2.70. The molecule has 19 heavy (non-hydrogen) atoms. The molecule has 6 nitrogen and oxygen atoms in total. The van der Waals surface area contributed by atoms with Crippen LogP contribution in [-0.2, 0) is 6.54 Å². The molecule has 0 aliphatic heterocycles. The average Bonchev–Trinajstić information content (AvgIpc) is 2.33. The minimum absolute atomic E-state index is 0.266. The molecule has 1 aromatic heterocycles. The zero-order valence-electron chi connectivity index (χ0n) is 11.6. The standard InChI is InChI=1S/C13H21N3O3/c1-13(2,3)16(12(17)18)6-7-19-11-9-15-5-4-10(11)8-14/h4-5,9H,6-8,14H2,1-3H3,(H,17,18). The van der Waals surface area contributed by atoms with Crippen LogP contribution < -0.4 is 10.5 Å². The Morgan fingerprint density at radius 2 is 2.21 bits per heavy atom. The van der Waals surface area contributed by atoms with E-state index in [2.05, 4.69) is 4.98 Å².